The van der Waals surface area contributed by atoms with Gasteiger partial charge in [0.1, 0.15) is 6.33 Å². The van der Waals surface area contributed by atoms with Gasteiger partial charge in [0.15, 0.2) is 11.6 Å². The number of Topliss-reactive ketones (excluding diaryl/α,β-unsaturated/α-hetero) is 1. The van der Waals surface area contributed by atoms with Crippen LogP contribution in [0, 0.1) is 6.92 Å². The Morgan fingerprint density at radius 3 is 2.96 bits per heavy atom. The summed E-state index contributed by atoms with van der Waals surface area (Å²) in [5.74, 6) is 0.640. The minimum absolute atomic E-state index is 0.0593. The van der Waals surface area contributed by atoms with E-state index in [1.54, 1.807) is 18.3 Å². The number of nitrogens with zero attached hydrogens (tertiary/aromatic N) is 4. The predicted octanol–water partition coefficient (Wildman–Crippen LogP) is 1.73. The summed E-state index contributed by atoms with van der Waals surface area (Å²) in [5.41, 5.74) is 2.75. The van der Waals surface area contributed by atoms with E-state index in [1.807, 2.05) is 18.4 Å². The SMILES string of the molecule is CCn1cnnc1CN(C)C(=O)c1c(C)[nH]c2c1C(=O)CCC2. The largest absolute Gasteiger partial charge is 0.361 e. The van der Waals surface area contributed by atoms with Crippen molar-refractivity contribution in [1.29, 1.82) is 0 Å². The number of carbonyl (C=O) groups is 2. The average Bonchev–Trinajstić information content (AvgIpc) is 3.10. The van der Waals surface area contributed by atoms with Gasteiger partial charge in [-0.2, -0.15) is 0 Å². The summed E-state index contributed by atoms with van der Waals surface area (Å²) in [5, 5.41) is 7.94. The summed E-state index contributed by atoms with van der Waals surface area (Å²) >= 11 is 0. The average molecular weight is 315 g/mol. The van der Waals surface area contributed by atoms with Gasteiger partial charge in [-0.25, -0.2) is 0 Å². The van der Waals surface area contributed by atoms with Gasteiger partial charge in [-0.1, -0.05) is 0 Å². The number of rotatable bonds is 4. The molecule has 0 unspecified atom stereocenters. The molecule has 2 aromatic rings. The molecule has 0 aliphatic heterocycles. The Morgan fingerprint density at radius 2 is 2.22 bits per heavy atom. The molecule has 0 radical (unpaired) electrons. The van der Waals surface area contributed by atoms with Gasteiger partial charge in [0.2, 0.25) is 0 Å². The van der Waals surface area contributed by atoms with Gasteiger partial charge >= 0.3 is 0 Å². The first kappa shape index (κ1) is 15.5. The molecular formula is C16H21N5O2. The Labute approximate surface area is 134 Å². The van der Waals surface area contributed by atoms with Crippen LogP contribution in [-0.2, 0) is 19.5 Å². The van der Waals surface area contributed by atoms with Crippen molar-refractivity contribution in [3.05, 3.63) is 34.7 Å². The third-order valence-electron chi connectivity index (χ3n) is 4.35. The molecule has 1 amide bonds. The molecule has 2 heterocycles. The van der Waals surface area contributed by atoms with E-state index in [-0.39, 0.29) is 11.7 Å². The van der Waals surface area contributed by atoms with E-state index in [1.165, 1.54) is 0 Å². The summed E-state index contributed by atoms with van der Waals surface area (Å²) < 4.78 is 1.90. The highest BCUT2D eigenvalue weighted by Gasteiger charge is 2.30. The molecule has 0 fully saturated rings. The molecule has 2 aromatic heterocycles. The fraction of sp³-hybridized carbons (Fsp3) is 0.500. The van der Waals surface area contributed by atoms with Gasteiger partial charge in [0, 0.05) is 31.4 Å². The number of aryl methyl sites for hydroxylation is 3. The lowest BCUT2D eigenvalue weighted by molar-refractivity contribution is 0.0773. The molecule has 1 N–H and O–H groups in total. The summed E-state index contributed by atoms with van der Waals surface area (Å²) in [6.07, 6.45) is 3.83. The Kier molecular flexibility index (Phi) is 4.02. The maximum atomic E-state index is 12.9. The Balaban J connectivity index is 1.89. The number of nitrogens with one attached hydrogen (secondary N) is 1. The molecule has 0 saturated heterocycles. The standard InChI is InChI=1S/C16H21N5O2/c1-4-21-9-17-19-13(21)8-20(3)16(23)14-10(2)18-11-6-5-7-12(22)15(11)14/h9,18H,4-8H2,1-3H3. The molecule has 0 aromatic carbocycles. The highest BCUT2D eigenvalue weighted by molar-refractivity contribution is 6.10. The number of ketones is 1. The number of hydrogen-bond donors (Lipinski definition) is 1. The summed E-state index contributed by atoms with van der Waals surface area (Å²) in [6.45, 7) is 4.96. The van der Waals surface area contributed by atoms with E-state index in [0.29, 0.717) is 24.1 Å². The second-order valence-electron chi connectivity index (χ2n) is 5.95. The molecule has 0 atom stereocenters. The van der Waals surface area contributed by atoms with Crippen LogP contribution in [0.25, 0.3) is 0 Å². The predicted molar refractivity (Wildman–Crippen MR) is 84.3 cm³/mol. The highest BCUT2D eigenvalue weighted by atomic mass is 16.2. The molecule has 122 valence electrons. The van der Waals surface area contributed by atoms with Crippen molar-refractivity contribution < 1.29 is 9.59 Å². The zero-order valence-corrected chi connectivity index (χ0v) is 13.7. The summed E-state index contributed by atoms with van der Waals surface area (Å²) in [7, 11) is 1.73. The third kappa shape index (κ3) is 2.67. The maximum Gasteiger partial charge on any atom is 0.256 e. The van der Waals surface area contributed by atoms with E-state index in [4.69, 9.17) is 0 Å². The van der Waals surface area contributed by atoms with E-state index >= 15 is 0 Å². The van der Waals surface area contributed by atoms with Gasteiger partial charge < -0.3 is 14.5 Å². The molecule has 1 aliphatic carbocycles. The van der Waals surface area contributed by atoms with Crippen LogP contribution in [0.5, 0.6) is 0 Å². The molecule has 0 bridgehead atoms. The van der Waals surface area contributed by atoms with Crippen LogP contribution in [0.4, 0.5) is 0 Å². The zero-order valence-electron chi connectivity index (χ0n) is 13.7. The van der Waals surface area contributed by atoms with Crippen LogP contribution >= 0.6 is 0 Å². The molecule has 0 saturated carbocycles. The number of aromatic nitrogens is 4. The van der Waals surface area contributed by atoms with Gasteiger partial charge in [-0.05, 0) is 26.7 Å². The summed E-state index contributed by atoms with van der Waals surface area (Å²) in [6, 6.07) is 0. The first-order chi connectivity index (χ1) is 11.0. The van der Waals surface area contributed by atoms with Crippen molar-refractivity contribution in [2.45, 2.75) is 46.2 Å². The van der Waals surface area contributed by atoms with E-state index in [2.05, 4.69) is 15.2 Å². The molecule has 1 aliphatic rings. The summed E-state index contributed by atoms with van der Waals surface area (Å²) in [4.78, 5) is 29.9. The molecule has 3 rings (SSSR count). The lowest BCUT2D eigenvalue weighted by atomic mass is 9.93. The second-order valence-corrected chi connectivity index (χ2v) is 5.95. The molecule has 0 spiro atoms. The zero-order chi connectivity index (χ0) is 16.6. The smallest absolute Gasteiger partial charge is 0.256 e. The van der Waals surface area contributed by atoms with Crippen LogP contribution in [0.3, 0.4) is 0 Å². The van der Waals surface area contributed by atoms with Crippen molar-refractivity contribution in [2.24, 2.45) is 0 Å². The van der Waals surface area contributed by atoms with Gasteiger partial charge in [0.05, 0.1) is 17.7 Å². The third-order valence-corrected chi connectivity index (χ3v) is 4.35. The minimum Gasteiger partial charge on any atom is -0.361 e. The van der Waals surface area contributed by atoms with Crippen molar-refractivity contribution in [3.8, 4) is 0 Å². The van der Waals surface area contributed by atoms with Crippen molar-refractivity contribution in [3.63, 3.8) is 0 Å². The fourth-order valence-corrected chi connectivity index (χ4v) is 3.14. The van der Waals surface area contributed by atoms with E-state index in [0.717, 1.165) is 36.6 Å². The molecule has 23 heavy (non-hydrogen) atoms. The number of amides is 1. The highest BCUT2D eigenvalue weighted by Crippen LogP contribution is 2.27. The van der Waals surface area contributed by atoms with Crippen LogP contribution in [0.15, 0.2) is 6.33 Å². The van der Waals surface area contributed by atoms with Crippen LogP contribution in [0.1, 0.15) is 57.7 Å². The van der Waals surface area contributed by atoms with Crippen LogP contribution < -0.4 is 0 Å². The normalized spacial score (nSPS) is 14.0. The van der Waals surface area contributed by atoms with Crippen molar-refractivity contribution in [1.82, 2.24) is 24.6 Å². The number of hydrogen-bond acceptors (Lipinski definition) is 4. The lowest BCUT2D eigenvalue weighted by Gasteiger charge is -2.18. The quantitative estimate of drug-likeness (QED) is 0.931. The monoisotopic (exact) mass is 315 g/mol. The first-order valence-corrected chi connectivity index (χ1v) is 7.89. The minimum atomic E-state index is -0.152. The molecular weight excluding hydrogens is 294 g/mol. The fourth-order valence-electron chi connectivity index (χ4n) is 3.14. The van der Waals surface area contributed by atoms with Crippen molar-refractivity contribution >= 4 is 11.7 Å². The van der Waals surface area contributed by atoms with E-state index < -0.39 is 0 Å². The first-order valence-electron chi connectivity index (χ1n) is 7.89. The van der Waals surface area contributed by atoms with Crippen LogP contribution in [-0.4, -0.2) is 43.4 Å². The van der Waals surface area contributed by atoms with Gasteiger partial charge in [-0.15, -0.1) is 10.2 Å². The molecule has 7 nitrogen and oxygen atoms in total. The van der Waals surface area contributed by atoms with Gasteiger partial charge in [0.25, 0.3) is 5.91 Å². The Morgan fingerprint density at radius 1 is 1.43 bits per heavy atom. The molecule has 7 heteroatoms. The number of H-pyrrole nitrogens is 1. The van der Waals surface area contributed by atoms with E-state index in [9.17, 15) is 9.59 Å². The maximum absolute atomic E-state index is 12.9. The van der Waals surface area contributed by atoms with Gasteiger partial charge in [-0.3, -0.25) is 9.59 Å². The Bertz CT molecular complexity index is 759. The lowest BCUT2D eigenvalue weighted by Crippen LogP contribution is -2.29. The Hall–Kier alpha value is -2.44. The second kappa shape index (κ2) is 5.98. The number of carbonyl (C=O) groups excluding carboxylic acids is 2. The number of fused-ring (bicyclic) bond motifs is 1. The van der Waals surface area contributed by atoms with Crippen molar-refractivity contribution in [2.75, 3.05) is 7.05 Å². The topological polar surface area (TPSA) is 83.9 Å². The number of aromatic amines is 1. The van der Waals surface area contributed by atoms with Crippen LogP contribution in [0.2, 0.25) is 0 Å².